The minimum absolute atomic E-state index is 0.0519. The molecule has 0 spiro atoms. The van der Waals surface area contributed by atoms with E-state index < -0.39 is 6.10 Å². The standard InChI is InChI=1S/C25H41N3O2/c1-5-16-25(2,3)23(29)19-8-10-21(11-9-19)27-24(30)28(4)22-14-12-20(13-15-22)26-17-18-6-7-18/h8-11,18,20,22-23,26,29H,5-7,12-17H2,1-4H3,(H,27,30). The van der Waals surface area contributed by atoms with Crippen molar-refractivity contribution in [2.45, 2.75) is 90.3 Å². The fourth-order valence-corrected chi connectivity index (χ4v) is 4.68. The SMILES string of the molecule is CCCC(C)(C)C(O)c1ccc(NC(=O)N(C)C2CCC(NCC3CC3)CC2)cc1. The predicted octanol–water partition coefficient (Wildman–Crippen LogP) is 5.32. The second kappa shape index (κ2) is 10.1. The zero-order chi connectivity index (χ0) is 21.7. The lowest BCUT2D eigenvalue weighted by atomic mass is 9.79. The van der Waals surface area contributed by atoms with Gasteiger partial charge in [-0.2, -0.15) is 0 Å². The first-order chi connectivity index (χ1) is 14.3. The summed E-state index contributed by atoms with van der Waals surface area (Å²) in [5, 5.41) is 17.4. The highest BCUT2D eigenvalue weighted by Crippen LogP contribution is 2.37. The van der Waals surface area contributed by atoms with Crippen molar-refractivity contribution in [1.29, 1.82) is 0 Å². The molecule has 0 bridgehead atoms. The Hall–Kier alpha value is -1.59. The molecule has 1 aromatic rings. The van der Waals surface area contributed by atoms with Crippen LogP contribution in [0, 0.1) is 11.3 Å². The van der Waals surface area contributed by atoms with Gasteiger partial charge in [-0.15, -0.1) is 0 Å². The maximum atomic E-state index is 12.7. The van der Waals surface area contributed by atoms with Gasteiger partial charge in [0.1, 0.15) is 0 Å². The molecule has 0 saturated heterocycles. The Morgan fingerprint density at radius 2 is 1.77 bits per heavy atom. The number of carbonyl (C=O) groups is 1. The molecule has 2 amide bonds. The largest absolute Gasteiger partial charge is 0.388 e. The molecule has 2 fully saturated rings. The maximum Gasteiger partial charge on any atom is 0.321 e. The van der Waals surface area contributed by atoms with Crippen LogP contribution < -0.4 is 10.6 Å². The third-order valence-corrected chi connectivity index (χ3v) is 7.07. The van der Waals surface area contributed by atoms with E-state index >= 15 is 0 Å². The van der Waals surface area contributed by atoms with E-state index in [0.717, 1.165) is 55.7 Å². The third kappa shape index (κ3) is 6.21. The molecule has 2 aliphatic rings. The van der Waals surface area contributed by atoms with Crippen LogP contribution in [0.25, 0.3) is 0 Å². The van der Waals surface area contributed by atoms with Gasteiger partial charge in [-0.25, -0.2) is 4.79 Å². The molecule has 5 nitrogen and oxygen atoms in total. The number of aliphatic hydroxyl groups excluding tert-OH is 1. The fourth-order valence-electron chi connectivity index (χ4n) is 4.68. The van der Waals surface area contributed by atoms with Gasteiger partial charge in [0, 0.05) is 24.8 Å². The first kappa shape index (κ1) is 23.1. The Morgan fingerprint density at radius 3 is 2.33 bits per heavy atom. The number of benzene rings is 1. The molecule has 168 valence electrons. The Kier molecular flexibility index (Phi) is 7.81. The summed E-state index contributed by atoms with van der Waals surface area (Å²) in [7, 11) is 1.91. The second-order valence-electron chi connectivity index (χ2n) is 10.2. The molecule has 0 aromatic heterocycles. The average Bonchev–Trinajstić information content (AvgIpc) is 3.56. The summed E-state index contributed by atoms with van der Waals surface area (Å²) in [5.74, 6) is 0.918. The van der Waals surface area contributed by atoms with Crippen molar-refractivity contribution < 1.29 is 9.90 Å². The number of amides is 2. The number of anilines is 1. The van der Waals surface area contributed by atoms with Crippen molar-refractivity contribution in [3.8, 4) is 0 Å². The lowest BCUT2D eigenvalue weighted by molar-refractivity contribution is 0.0425. The summed E-state index contributed by atoms with van der Waals surface area (Å²) >= 11 is 0. The number of rotatable bonds is 9. The number of hydrogen-bond acceptors (Lipinski definition) is 3. The van der Waals surface area contributed by atoms with Crippen molar-refractivity contribution in [3.63, 3.8) is 0 Å². The first-order valence-electron chi connectivity index (χ1n) is 11.9. The van der Waals surface area contributed by atoms with Crippen molar-refractivity contribution in [3.05, 3.63) is 29.8 Å². The molecular weight excluding hydrogens is 374 g/mol. The lowest BCUT2D eigenvalue weighted by Gasteiger charge is -2.35. The van der Waals surface area contributed by atoms with E-state index in [-0.39, 0.29) is 11.4 Å². The smallest absolute Gasteiger partial charge is 0.321 e. The molecule has 3 N–H and O–H groups in total. The van der Waals surface area contributed by atoms with Crippen LogP contribution in [0.1, 0.15) is 83.8 Å². The van der Waals surface area contributed by atoms with E-state index in [9.17, 15) is 9.90 Å². The van der Waals surface area contributed by atoms with Gasteiger partial charge in [-0.05, 0) is 80.5 Å². The van der Waals surface area contributed by atoms with Crippen LogP contribution in [0.3, 0.4) is 0 Å². The number of carbonyl (C=O) groups excluding carboxylic acids is 1. The Labute approximate surface area is 182 Å². The van der Waals surface area contributed by atoms with Gasteiger partial charge in [0.05, 0.1) is 6.10 Å². The van der Waals surface area contributed by atoms with Crippen LogP contribution in [0.5, 0.6) is 0 Å². The maximum absolute atomic E-state index is 12.7. The van der Waals surface area contributed by atoms with E-state index in [0.29, 0.717) is 12.1 Å². The van der Waals surface area contributed by atoms with Gasteiger partial charge in [0.25, 0.3) is 0 Å². The van der Waals surface area contributed by atoms with Gasteiger partial charge in [0.15, 0.2) is 0 Å². The summed E-state index contributed by atoms with van der Waals surface area (Å²) in [6.07, 6.45) is 8.70. The molecule has 0 aliphatic heterocycles. The van der Waals surface area contributed by atoms with Crippen molar-refractivity contribution in [2.75, 3.05) is 18.9 Å². The van der Waals surface area contributed by atoms with E-state index in [4.69, 9.17) is 0 Å². The van der Waals surface area contributed by atoms with Crippen LogP contribution in [0.4, 0.5) is 10.5 Å². The molecule has 5 heteroatoms. The van der Waals surface area contributed by atoms with Crippen LogP contribution in [0.15, 0.2) is 24.3 Å². The number of nitrogens with one attached hydrogen (secondary N) is 2. The highest BCUT2D eigenvalue weighted by Gasteiger charge is 2.29. The van der Waals surface area contributed by atoms with Gasteiger partial charge in [-0.1, -0.05) is 39.3 Å². The summed E-state index contributed by atoms with van der Waals surface area (Å²) in [5.41, 5.74) is 1.51. The monoisotopic (exact) mass is 415 g/mol. The molecule has 1 unspecified atom stereocenters. The Morgan fingerprint density at radius 1 is 1.13 bits per heavy atom. The number of urea groups is 1. The zero-order valence-corrected chi connectivity index (χ0v) is 19.3. The summed E-state index contributed by atoms with van der Waals surface area (Å²) < 4.78 is 0. The fraction of sp³-hybridized carbons (Fsp3) is 0.720. The second-order valence-corrected chi connectivity index (χ2v) is 10.2. The average molecular weight is 416 g/mol. The lowest BCUT2D eigenvalue weighted by Crippen LogP contribution is -2.45. The van der Waals surface area contributed by atoms with Crippen LogP contribution in [-0.4, -0.2) is 41.7 Å². The van der Waals surface area contributed by atoms with Gasteiger partial charge in [-0.3, -0.25) is 0 Å². The zero-order valence-electron chi connectivity index (χ0n) is 19.3. The van der Waals surface area contributed by atoms with Gasteiger partial charge < -0.3 is 20.6 Å². The molecule has 0 heterocycles. The highest BCUT2D eigenvalue weighted by molar-refractivity contribution is 5.89. The predicted molar refractivity (Wildman–Crippen MR) is 124 cm³/mol. The van der Waals surface area contributed by atoms with Crippen LogP contribution in [-0.2, 0) is 0 Å². The van der Waals surface area contributed by atoms with Gasteiger partial charge in [0.2, 0.25) is 0 Å². The summed E-state index contributed by atoms with van der Waals surface area (Å²) in [6, 6.07) is 8.51. The van der Waals surface area contributed by atoms with Crippen molar-refractivity contribution in [2.24, 2.45) is 11.3 Å². The Balaban J connectivity index is 1.46. The van der Waals surface area contributed by atoms with E-state index in [1.165, 1.54) is 19.4 Å². The molecule has 2 aliphatic carbocycles. The third-order valence-electron chi connectivity index (χ3n) is 7.07. The van der Waals surface area contributed by atoms with Gasteiger partial charge >= 0.3 is 6.03 Å². The summed E-state index contributed by atoms with van der Waals surface area (Å²) in [4.78, 5) is 14.6. The summed E-state index contributed by atoms with van der Waals surface area (Å²) in [6.45, 7) is 7.51. The quantitative estimate of drug-likeness (QED) is 0.511. The molecule has 30 heavy (non-hydrogen) atoms. The molecule has 3 rings (SSSR count). The van der Waals surface area contributed by atoms with Crippen molar-refractivity contribution in [1.82, 2.24) is 10.2 Å². The van der Waals surface area contributed by atoms with E-state index in [1.54, 1.807) is 0 Å². The topological polar surface area (TPSA) is 64.6 Å². The molecule has 0 radical (unpaired) electrons. The number of hydrogen-bond donors (Lipinski definition) is 3. The number of aliphatic hydroxyl groups is 1. The number of nitrogens with zero attached hydrogens (tertiary/aromatic N) is 1. The van der Waals surface area contributed by atoms with E-state index in [2.05, 4.69) is 31.4 Å². The molecule has 2 saturated carbocycles. The molecule has 1 aromatic carbocycles. The molecule has 1 atom stereocenters. The minimum Gasteiger partial charge on any atom is -0.388 e. The van der Waals surface area contributed by atoms with E-state index in [1.807, 2.05) is 36.2 Å². The Bertz CT molecular complexity index is 676. The highest BCUT2D eigenvalue weighted by atomic mass is 16.3. The normalized spacial score (nSPS) is 23.1. The first-order valence-corrected chi connectivity index (χ1v) is 11.9. The van der Waals surface area contributed by atoms with Crippen LogP contribution in [0.2, 0.25) is 0 Å². The molecular formula is C25H41N3O2. The van der Waals surface area contributed by atoms with Crippen LogP contribution >= 0.6 is 0 Å². The minimum atomic E-state index is -0.506. The van der Waals surface area contributed by atoms with Crippen molar-refractivity contribution >= 4 is 11.7 Å².